The highest BCUT2D eigenvalue weighted by Gasteiger charge is 2.28. The van der Waals surface area contributed by atoms with Crippen molar-refractivity contribution in [2.75, 3.05) is 6.61 Å². The predicted molar refractivity (Wildman–Crippen MR) is 43.7 cm³/mol. The van der Waals surface area contributed by atoms with Crippen molar-refractivity contribution in [1.29, 1.82) is 0 Å². The van der Waals surface area contributed by atoms with Gasteiger partial charge in [0.2, 0.25) is 0 Å². The maximum absolute atomic E-state index is 11.8. The van der Waals surface area contributed by atoms with Crippen molar-refractivity contribution in [2.24, 2.45) is 0 Å². The second kappa shape index (κ2) is 4.24. The molecule has 0 unspecified atom stereocenters. The Hall–Kier alpha value is -1.66. The van der Waals surface area contributed by atoms with Crippen LogP contribution in [0.25, 0.3) is 0 Å². The Morgan fingerprint density at radius 1 is 1.53 bits per heavy atom. The lowest BCUT2D eigenvalue weighted by Gasteiger charge is -2.07. The quantitative estimate of drug-likeness (QED) is 0.725. The van der Waals surface area contributed by atoms with Crippen LogP contribution in [0.5, 0.6) is 6.01 Å². The van der Waals surface area contributed by atoms with E-state index >= 15 is 0 Å². The fourth-order valence-corrected chi connectivity index (χ4v) is 0.787. The number of carbonyl (C=O) groups excluding carboxylic acids is 1. The van der Waals surface area contributed by atoms with Crippen LogP contribution in [0.4, 0.5) is 13.2 Å². The Balaban J connectivity index is 2.72. The van der Waals surface area contributed by atoms with Crippen molar-refractivity contribution >= 4 is 6.29 Å². The van der Waals surface area contributed by atoms with E-state index in [0.29, 0.717) is 6.29 Å². The summed E-state index contributed by atoms with van der Waals surface area (Å²) in [4.78, 5) is 17.4. The summed E-state index contributed by atoms with van der Waals surface area (Å²) in [6.07, 6.45) is -2.80. The van der Waals surface area contributed by atoms with Gasteiger partial charge >= 0.3 is 12.2 Å². The molecule has 0 amide bonds. The summed E-state index contributed by atoms with van der Waals surface area (Å²) < 4.78 is 39.5. The maximum Gasteiger partial charge on any atom is 0.422 e. The number of aryl methyl sites for hydroxylation is 1. The largest absolute Gasteiger partial charge is 0.454 e. The molecule has 0 saturated heterocycles. The summed E-state index contributed by atoms with van der Waals surface area (Å²) in [7, 11) is 0. The van der Waals surface area contributed by atoms with Crippen molar-refractivity contribution in [3.05, 3.63) is 17.5 Å². The lowest BCUT2D eigenvalue weighted by Crippen LogP contribution is -2.20. The number of rotatable bonds is 3. The van der Waals surface area contributed by atoms with Crippen molar-refractivity contribution in [3.8, 4) is 6.01 Å². The molecular formula is C8H7F3N2O2. The average Bonchev–Trinajstić information content (AvgIpc) is 2.14. The van der Waals surface area contributed by atoms with Crippen LogP contribution in [-0.2, 0) is 0 Å². The lowest BCUT2D eigenvalue weighted by molar-refractivity contribution is -0.154. The van der Waals surface area contributed by atoms with Gasteiger partial charge in [0.25, 0.3) is 0 Å². The molecule has 0 radical (unpaired) electrons. The molecule has 0 aliphatic carbocycles. The molecule has 1 rings (SSSR count). The zero-order valence-electron chi connectivity index (χ0n) is 7.71. The molecule has 0 spiro atoms. The van der Waals surface area contributed by atoms with E-state index in [-0.39, 0.29) is 11.3 Å². The van der Waals surface area contributed by atoms with E-state index in [1.165, 1.54) is 6.92 Å². The fraction of sp³-hybridized carbons (Fsp3) is 0.375. The molecule has 7 heteroatoms. The summed E-state index contributed by atoms with van der Waals surface area (Å²) in [5, 5.41) is 0. The lowest BCUT2D eigenvalue weighted by atomic mass is 10.3. The molecule has 1 aromatic heterocycles. The molecule has 82 valence electrons. The van der Waals surface area contributed by atoms with Crippen LogP contribution in [0.2, 0.25) is 0 Å². The summed E-state index contributed by atoms with van der Waals surface area (Å²) in [5.74, 6) is 0. The number of carbonyl (C=O) groups is 1. The van der Waals surface area contributed by atoms with Crippen molar-refractivity contribution in [1.82, 2.24) is 9.97 Å². The maximum atomic E-state index is 11.8. The highest BCUT2D eigenvalue weighted by Crippen LogP contribution is 2.16. The molecule has 0 N–H and O–H groups in total. The molecule has 0 aliphatic heterocycles. The van der Waals surface area contributed by atoms with Crippen LogP contribution < -0.4 is 4.74 Å². The van der Waals surface area contributed by atoms with Gasteiger partial charge in [-0.1, -0.05) is 0 Å². The first-order valence-electron chi connectivity index (χ1n) is 3.91. The minimum Gasteiger partial charge on any atom is -0.454 e. The van der Waals surface area contributed by atoms with E-state index in [0.717, 1.165) is 6.20 Å². The molecule has 0 atom stereocenters. The molecule has 0 fully saturated rings. The third-order valence-electron chi connectivity index (χ3n) is 1.49. The van der Waals surface area contributed by atoms with Gasteiger partial charge in [0.15, 0.2) is 12.9 Å². The first kappa shape index (κ1) is 11.4. The van der Waals surface area contributed by atoms with E-state index in [9.17, 15) is 18.0 Å². The smallest absolute Gasteiger partial charge is 0.422 e. The van der Waals surface area contributed by atoms with Gasteiger partial charge in [0, 0.05) is 6.20 Å². The monoisotopic (exact) mass is 220 g/mol. The van der Waals surface area contributed by atoms with Gasteiger partial charge in [-0.05, 0) is 6.92 Å². The van der Waals surface area contributed by atoms with E-state index in [4.69, 9.17) is 0 Å². The van der Waals surface area contributed by atoms with E-state index < -0.39 is 18.8 Å². The second-order valence-electron chi connectivity index (χ2n) is 2.72. The summed E-state index contributed by atoms with van der Waals surface area (Å²) in [6.45, 7) is 0.0265. The third-order valence-corrected chi connectivity index (χ3v) is 1.49. The number of halogens is 3. The molecule has 15 heavy (non-hydrogen) atoms. The molecule has 1 heterocycles. The van der Waals surface area contributed by atoms with Gasteiger partial charge in [-0.3, -0.25) is 4.79 Å². The van der Waals surface area contributed by atoms with Crippen LogP contribution >= 0.6 is 0 Å². The highest BCUT2D eigenvalue weighted by molar-refractivity contribution is 5.75. The van der Waals surface area contributed by atoms with Crippen LogP contribution in [0.1, 0.15) is 16.1 Å². The molecule has 1 aromatic rings. The van der Waals surface area contributed by atoms with Crippen LogP contribution in [-0.4, -0.2) is 29.0 Å². The molecule has 0 aliphatic rings. The predicted octanol–water partition coefficient (Wildman–Crippen LogP) is 1.54. The van der Waals surface area contributed by atoms with E-state index in [2.05, 4.69) is 14.7 Å². The number of hydrogen-bond donors (Lipinski definition) is 0. The number of aldehydes is 1. The highest BCUT2D eigenvalue weighted by atomic mass is 19.4. The van der Waals surface area contributed by atoms with Crippen LogP contribution in [0.3, 0.4) is 0 Å². The van der Waals surface area contributed by atoms with E-state index in [1.54, 1.807) is 0 Å². The van der Waals surface area contributed by atoms with Gasteiger partial charge in [0.05, 0.1) is 11.3 Å². The molecular weight excluding hydrogens is 213 g/mol. The normalized spacial score (nSPS) is 11.2. The Labute approximate surface area is 83.1 Å². The topological polar surface area (TPSA) is 52.1 Å². The minimum absolute atomic E-state index is 0.217. The number of nitrogens with zero attached hydrogens (tertiary/aromatic N) is 2. The van der Waals surface area contributed by atoms with Gasteiger partial charge in [-0.2, -0.15) is 18.2 Å². The average molecular weight is 220 g/mol. The Bertz CT molecular complexity index is 365. The zero-order chi connectivity index (χ0) is 11.5. The zero-order valence-corrected chi connectivity index (χ0v) is 7.71. The van der Waals surface area contributed by atoms with Gasteiger partial charge < -0.3 is 4.74 Å². The number of alkyl halides is 3. The number of aromatic nitrogens is 2. The first-order valence-corrected chi connectivity index (χ1v) is 3.91. The Kier molecular flexibility index (Phi) is 3.23. The first-order chi connectivity index (χ1) is 6.92. The van der Waals surface area contributed by atoms with Gasteiger partial charge in [-0.15, -0.1) is 0 Å². The Morgan fingerprint density at radius 2 is 2.20 bits per heavy atom. The molecule has 0 aromatic carbocycles. The van der Waals surface area contributed by atoms with Crippen LogP contribution in [0.15, 0.2) is 6.20 Å². The standard InChI is InChI=1S/C8H7F3N2O2/c1-5-6(3-14)2-12-7(13-5)15-4-8(9,10)11/h2-3H,4H2,1H3. The number of ether oxygens (including phenoxy) is 1. The van der Waals surface area contributed by atoms with Crippen molar-refractivity contribution < 1.29 is 22.7 Å². The summed E-state index contributed by atoms with van der Waals surface area (Å²) >= 11 is 0. The summed E-state index contributed by atoms with van der Waals surface area (Å²) in [5.41, 5.74) is 0.492. The Morgan fingerprint density at radius 3 is 2.67 bits per heavy atom. The van der Waals surface area contributed by atoms with Gasteiger partial charge in [-0.25, -0.2) is 4.98 Å². The van der Waals surface area contributed by atoms with Crippen molar-refractivity contribution in [2.45, 2.75) is 13.1 Å². The molecule has 0 bridgehead atoms. The molecule has 0 saturated carbocycles. The van der Waals surface area contributed by atoms with Crippen LogP contribution in [0, 0.1) is 6.92 Å². The van der Waals surface area contributed by atoms with E-state index in [1.807, 2.05) is 0 Å². The van der Waals surface area contributed by atoms with Crippen molar-refractivity contribution in [3.63, 3.8) is 0 Å². The van der Waals surface area contributed by atoms with Gasteiger partial charge in [0.1, 0.15) is 0 Å². The minimum atomic E-state index is -4.43. The second-order valence-corrected chi connectivity index (χ2v) is 2.72. The summed E-state index contributed by atoms with van der Waals surface area (Å²) in [6, 6.07) is -0.393. The number of hydrogen-bond acceptors (Lipinski definition) is 4. The third kappa shape index (κ3) is 3.53. The fourth-order valence-electron chi connectivity index (χ4n) is 0.787. The molecule has 4 nitrogen and oxygen atoms in total. The SMILES string of the molecule is Cc1nc(OCC(F)(F)F)ncc1C=O.